The summed E-state index contributed by atoms with van der Waals surface area (Å²) in [6.07, 6.45) is 0. The van der Waals surface area contributed by atoms with Crippen molar-refractivity contribution in [3.63, 3.8) is 0 Å². The number of anilines is 1. The van der Waals surface area contributed by atoms with E-state index in [4.69, 9.17) is 37.1 Å². The number of nitrogens with zero attached hydrogens (tertiary/aromatic N) is 1. The van der Waals surface area contributed by atoms with Gasteiger partial charge < -0.3 is 19.2 Å². The Morgan fingerprint density at radius 1 is 0.967 bits per heavy atom. The summed E-state index contributed by atoms with van der Waals surface area (Å²) < 4.78 is 16.2. The first kappa shape index (κ1) is 20.1. The quantitative estimate of drug-likeness (QED) is 0.405. The third-order valence-corrected chi connectivity index (χ3v) is 4.98. The van der Waals surface area contributed by atoms with E-state index in [0.717, 1.165) is 0 Å². The van der Waals surface area contributed by atoms with Gasteiger partial charge in [-0.15, -0.1) is 0 Å². The average Bonchev–Trinajstić information content (AvgIpc) is 3.17. The van der Waals surface area contributed by atoms with Crippen LogP contribution >= 0.6 is 23.2 Å². The average molecular weight is 443 g/mol. The first-order valence-electron chi connectivity index (χ1n) is 8.87. The van der Waals surface area contributed by atoms with Crippen molar-refractivity contribution < 1.29 is 18.7 Å². The summed E-state index contributed by atoms with van der Waals surface area (Å²) in [7, 11) is 3.05. The molecule has 1 aromatic heterocycles. The topological polar surface area (TPSA) is 73.6 Å². The molecule has 0 fully saturated rings. The number of halogens is 2. The lowest BCUT2D eigenvalue weighted by Gasteiger charge is -2.10. The minimum Gasteiger partial charge on any atom is -0.497 e. The number of fused-ring (bicyclic) bond motifs is 1. The Morgan fingerprint density at radius 2 is 1.70 bits per heavy atom. The molecular formula is C22H16Cl2N2O4. The highest BCUT2D eigenvalue weighted by atomic mass is 35.5. The van der Waals surface area contributed by atoms with Crippen molar-refractivity contribution in [3.05, 3.63) is 70.2 Å². The van der Waals surface area contributed by atoms with Crippen molar-refractivity contribution in [2.75, 3.05) is 19.5 Å². The number of hydrogen-bond acceptors (Lipinski definition) is 5. The SMILES string of the molecule is COc1cc(OC)cc(C(=O)Nc2ccc(Cl)c(-c3nc4cc(Cl)ccc4o3)c2)c1. The van der Waals surface area contributed by atoms with Crippen molar-refractivity contribution in [2.24, 2.45) is 0 Å². The summed E-state index contributed by atoms with van der Waals surface area (Å²) in [5.74, 6) is 1.03. The maximum absolute atomic E-state index is 12.8. The van der Waals surface area contributed by atoms with Gasteiger partial charge in [0.25, 0.3) is 5.91 Å². The van der Waals surface area contributed by atoms with Crippen LogP contribution in [-0.2, 0) is 0 Å². The van der Waals surface area contributed by atoms with E-state index in [2.05, 4.69) is 10.3 Å². The molecule has 0 radical (unpaired) electrons. The van der Waals surface area contributed by atoms with Gasteiger partial charge in [-0.2, -0.15) is 0 Å². The molecule has 0 aliphatic heterocycles. The fraction of sp³-hybridized carbons (Fsp3) is 0.0909. The molecule has 0 spiro atoms. The van der Waals surface area contributed by atoms with Gasteiger partial charge in [0.05, 0.1) is 24.8 Å². The Bertz CT molecular complexity index is 1230. The molecule has 0 aliphatic rings. The summed E-state index contributed by atoms with van der Waals surface area (Å²) in [4.78, 5) is 17.2. The van der Waals surface area contributed by atoms with Crippen LogP contribution in [0.25, 0.3) is 22.6 Å². The number of amides is 1. The molecule has 0 unspecified atom stereocenters. The molecule has 1 heterocycles. The highest BCUT2D eigenvalue weighted by Crippen LogP contribution is 2.33. The lowest BCUT2D eigenvalue weighted by molar-refractivity contribution is 0.102. The van der Waals surface area contributed by atoms with Crippen LogP contribution in [0.15, 0.2) is 59.0 Å². The highest BCUT2D eigenvalue weighted by Gasteiger charge is 2.15. The van der Waals surface area contributed by atoms with Crippen LogP contribution in [0.3, 0.4) is 0 Å². The van der Waals surface area contributed by atoms with Gasteiger partial charge in [0.15, 0.2) is 5.58 Å². The van der Waals surface area contributed by atoms with E-state index in [1.807, 2.05) is 0 Å². The maximum Gasteiger partial charge on any atom is 0.255 e. The Kier molecular flexibility index (Phi) is 5.53. The number of methoxy groups -OCH3 is 2. The lowest BCUT2D eigenvalue weighted by Crippen LogP contribution is -2.12. The number of rotatable bonds is 5. The van der Waals surface area contributed by atoms with Gasteiger partial charge in [-0.3, -0.25) is 4.79 Å². The van der Waals surface area contributed by atoms with E-state index in [1.165, 1.54) is 14.2 Å². The fourth-order valence-electron chi connectivity index (χ4n) is 2.92. The molecular weight excluding hydrogens is 427 g/mol. The van der Waals surface area contributed by atoms with Gasteiger partial charge in [-0.05, 0) is 48.5 Å². The zero-order valence-corrected chi connectivity index (χ0v) is 17.5. The van der Waals surface area contributed by atoms with Crippen molar-refractivity contribution >= 4 is 45.9 Å². The van der Waals surface area contributed by atoms with E-state index < -0.39 is 0 Å². The monoisotopic (exact) mass is 442 g/mol. The van der Waals surface area contributed by atoms with Crippen LogP contribution < -0.4 is 14.8 Å². The van der Waals surface area contributed by atoms with Crippen LogP contribution in [0.1, 0.15) is 10.4 Å². The minimum atomic E-state index is -0.329. The van der Waals surface area contributed by atoms with Gasteiger partial charge in [0, 0.05) is 22.3 Å². The van der Waals surface area contributed by atoms with Crippen molar-refractivity contribution in [2.45, 2.75) is 0 Å². The van der Waals surface area contributed by atoms with Crippen LogP contribution in [0.4, 0.5) is 5.69 Å². The number of carbonyl (C=O) groups is 1. The molecule has 4 rings (SSSR count). The number of aromatic nitrogens is 1. The van der Waals surface area contributed by atoms with E-state index in [0.29, 0.717) is 55.3 Å². The Balaban J connectivity index is 1.65. The normalized spacial score (nSPS) is 10.8. The molecule has 0 atom stereocenters. The van der Waals surface area contributed by atoms with Gasteiger partial charge in [-0.1, -0.05) is 23.2 Å². The molecule has 8 heteroatoms. The van der Waals surface area contributed by atoms with E-state index in [9.17, 15) is 4.79 Å². The second-order valence-electron chi connectivity index (χ2n) is 6.38. The zero-order chi connectivity index (χ0) is 21.3. The second-order valence-corrected chi connectivity index (χ2v) is 7.22. The second kappa shape index (κ2) is 8.26. The van der Waals surface area contributed by atoms with Crippen molar-refractivity contribution in [1.82, 2.24) is 4.98 Å². The summed E-state index contributed by atoms with van der Waals surface area (Å²) in [5.41, 5.74) is 2.67. The van der Waals surface area contributed by atoms with E-state index in [1.54, 1.807) is 54.6 Å². The smallest absolute Gasteiger partial charge is 0.255 e. The highest BCUT2D eigenvalue weighted by molar-refractivity contribution is 6.33. The lowest BCUT2D eigenvalue weighted by atomic mass is 10.1. The summed E-state index contributed by atoms with van der Waals surface area (Å²) >= 11 is 12.4. The molecule has 152 valence electrons. The summed E-state index contributed by atoms with van der Waals surface area (Å²) in [6.45, 7) is 0. The Hall–Kier alpha value is -3.22. The van der Waals surface area contributed by atoms with Crippen molar-refractivity contribution in [1.29, 1.82) is 0 Å². The minimum absolute atomic E-state index is 0.329. The van der Waals surface area contributed by atoms with Gasteiger partial charge in [0.2, 0.25) is 5.89 Å². The Morgan fingerprint density at radius 3 is 2.40 bits per heavy atom. The number of carbonyl (C=O) groups excluding carboxylic acids is 1. The summed E-state index contributed by atoms with van der Waals surface area (Å²) in [5, 5.41) is 3.84. The molecule has 4 aromatic rings. The zero-order valence-electron chi connectivity index (χ0n) is 16.0. The van der Waals surface area contributed by atoms with Crippen LogP contribution in [0.2, 0.25) is 10.0 Å². The predicted octanol–water partition coefficient (Wildman–Crippen LogP) is 6.07. The van der Waals surface area contributed by atoms with Crippen molar-refractivity contribution in [3.8, 4) is 23.0 Å². The van der Waals surface area contributed by atoms with Gasteiger partial charge in [-0.25, -0.2) is 4.98 Å². The van der Waals surface area contributed by atoms with Crippen LogP contribution in [0, 0.1) is 0 Å². The third-order valence-electron chi connectivity index (χ3n) is 4.42. The van der Waals surface area contributed by atoms with Gasteiger partial charge in [0.1, 0.15) is 17.0 Å². The Labute approximate surface area is 182 Å². The van der Waals surface area contributed by atoms with Crippen LogP contribution in [-0.4, -0.2) is 25.1 Å². The maximum atomic E-state index is 12.8. The molecule has 6 nitrogen and oxygen atoms in total. The molecule has 1 N–H and O–H groups in total. The third kappa shape index (κ3) is 4.06. The largest absolute Gasteiger partial charge is 0.497 e. The number of ether oxygens (including phenoxy) is 2. The molecule has 30 heavy (non-hydrogen) atoms. The molecule has 0 bridgehead atoms. The standard InChI is InChI=1S/C22H16Cl2N2O4/c1-28-15-7-12(8-16(11-15)29-2)21(27)25-14-4-5-18(24)17(10-14)22-26-19-9-13(23)3-6-20(19)30-22/h3-11H,1-2H3,(H,25,27). The first-order chi connectivity index (χ1) is 14.5. The summed E-state index contributed by atoms with van der Waals surface area (Å²) in [6, 6.07) is 15.2. The number of benzene rings is 3. The van der Waals surface area contributed by atoms with E-state index >= 15 is 0 Å². The van der Waals surface area contributed by atoms with E-state index in [-0.39, 0.29) is 5.91 Å². The fourth-order valence-corrected chi connectivity index (χ4v) is 3.29. The molecule has 0 saturated heterocycles. The molecule has 3 aromatic carbocycles. The number of nitrogens with one attached hydrogen (secondary N) is 1. The molecule has 0 saturated carbocycles. The number of oxazole rings is 1. The molecule has 1 amide bonds. The van der Waals surface area contributed by atoms with Gasteiger partial charge >= 0.3 is 0 Å². The first-order valence-corrected chi connectivity index (χ1v) is 9.63. The number of hydrogen-bond donors (Lipinski definition) is 1. The van der Waals surface area contributed by atoms with Crippen LogP contribution in [0.5, 0.6) is 11.5 Å². The molecule has 0 aliphatic carbocycles. The predicted molar refractivity (Wildman–Crippen MR) is 117 cm³/mol.